The van der Waals surface area contributed by atoms with E-state index in [1.165, 1.54) is 5.39 Å². The van der Waals surface area contributed by atoms with Gasteiger partial charge in [-0.05, 0) is 17.0 Å². The van der Waals surface area contributed by atoms with Crippen molar-refractivity contribution >= 4 is 16.7 Å². The van der Waals surface area contributed by atoms with Crippen LogP contribution in [-0.2, 0) is 4.79 Å². The molecule has 4 nitrogen and oxygen atoms in total. The van der Waals surface area contributed by atoms with E-state index in [-0.39, 0.29) is 6.04 Å². The van der Waals surface area contributed by atoms with Crippen LogP contribution in [0.15, 0.2) is 72.8 Å². The zero-order valence-corrected chi connectivity index (χ0v) is 14.9. The topological polar surface area (TPSA) is 72.5 Å². The van der Waals surface area contributed by atoms with Gasteiger partial charge in [0.15, 0.2) is 0 Å². The minimum absolute atomic E-state index is 0.0150. The first kappa shape index (κ1) is 21.2. The van der Waals surface area contributed by atoms with Crippen molar-refractivity contribution in [1.82, 2.24) is 0 Å². The Labute approximate surface area is 160 Å². The number of fused-ring (bicyclic) bond motifs is 1. The van der Waals surface area contributed by atoms with E-state index in [1.807, 2.05) is 42.5 Å². The molecule has 0 unspecified atom stereocenters. The lowest BCUT2D eigenvalue weighted by Crippen LogP contribution is -2.21. The van der Waals surface area contributed by atoms with E-state index in [1.54, 1.807) is 0 Å². The van der Waals surface area contributed by atoms with Gasteiger partial charge in [0.25, 0.3) is 0 Å². The van der Waals surface area contributed by atoms with Crippen molar-refractivity contribution in [2.75, 3.05) is 6.61 Å². The van der Waals surface area contributed by atoms with Crippen LogP contribution in [-0.4, -0.2) is 23.9 Å². The summed E-state index contributed by atoms with van der Waals surface area (Å²) < 4.78 is 37.7. The van der Waals surface area contributed by atoms with Gasteiger partial charge in [-0.25, -0.2) is 4.79 Å². The van der Waals surface area contributed by atoms with Crippen molar-refractivity contribution in [3.8, 4) is 5.75 Å². The van der Waals surface area contributed by atoms with Crippen LogP contribution in [0.1, 0.15) is 18.0 Å². The van der Waals surface area contributed by atoms with Crippen LogP contribution < -0.4 is 10.5 Å². The van der Waals surface area contributed by atoms with Gasteiger partial charge in [0.05, 0.1) is 6.61 Å². The maximum absolute atomic E-state index is 10.6. The average Bonchev–Trinajstić information content (AvgIpc) is 2.68. The minimum atomic E-state index is -5.08. The molecule has 3 N–H and O–H groups in total. The van der Waals surface area contributed by atoms with Crippen LogP contribution in [0.3, 0.4) is 0 Å². The van der Waals surface area contributed by atoms with E-state index in [0.29, 0.717) is 6.61 Å². The highest BCUT2D eigenvalue weighted by Crippen LogP contribution is 2.25. The van der Waals surface area contributed by atoms with Crippen LogP contribution in [0.25, 0.3) is 10.8 Å². The van der Waals surface area contributed by atoms with Gasteiger partial charge in [-0.15, -0.1) is 0 Å². The highest BCUT2D eigenvalue weighted by molar-refractivity contribution is 5.88. The standard InChI is InChI=1S/C19H19NO.C2HF3O2/c20-18(16-8-2-1-3-9-16)13-14-21-19-12-6-10-15-7-4-5-11-17(15)19;3-2(4,5)1(6)7/h1-12,18H,13-14,20H2;(H,6,7)/t18-;/m0./s1. The number of ether oxygens (including phenoxy) is 1. The molecule has 3 rings (SSSR count). The van der Waals surface area contributed by atoms with Gasteiger partial charge in [0.1, 0.15) is 5.75 Å². The highest BCUT2D eigenvalue weighted by Gasteiger charge is 2.38. The van der Waals surface area contributed by atoms with Gasteiger partial charge in [0.2, 0.25) is 0 Å². The summed E-state index contributed by atoms with van der Waals surface area (Å²) in [6, 6.07) is 24.5. The molecule has 0 radical (unpaired) electrons. The number of carboxylic acids is 1. The molecule has 0 spiro atoms. The second-order valence-electron chi connectivity index (χ2n) is 5.93. The number of carboxylic acid groups (broad SMARTS) is 1. The minimum Gasteiger partial charge on any atom is -0.493 e. The molecule has 7 heteroatoms. The predicted octanol–water partition coefficient (Wildman–Crippen LogP) is 4.94. The molecule has 28 heavy (non-hydrogen) atoms. The number of aliphatic carboxylic acids is 1. The van der Waals surface area contributed by atoms with Crippen molar-refractivity contribution in [1.29, 1.82) is 0 Å². The summed E-state index contributed by atoms with van der Waals surface area (Å²) in [6.45, 7) is 0.615. The molecule has 0 aliphatic carbocycles. The molecule has 3 aromatic rings. The Bertz CT molecular complexity index is 893. The summed E-state index contributed by atoms with van der Waals surface area (Å²) in [7, 11) is 0. The summed E-state index contributed by atoms with van der Waals surface area (Å²) in [5.74, 6) is -1.83. The normalized spacial score (nSPS) is 12.0. The molecule has 0 aliphatic rings. The molecular weight excluding hydrogens is 371 g/mol. The molecule has 0 amide bonds. The van der Waals surface area contributed by atoms with E-state index >= 15 is 0 Å². The van der Waals surface area contributed by atoms with Gasteiger partial charge in [-0.1, -0.05) is 66.7 Å². The highest BCUT2D eigenvalue weighted by atomic mass is 19.4. The van der Waals surface area contributed by atoms with Gasteiger partial charge < -0.3 is 15.6 Å². The summed E-state index contributed by atoms with van der Waals surface area (Å²) in [5, 5.41) is 9.47. The third kappa shape index (κ3) is 6.28. The summed E-state index contributed by atoms with van der Waals surface area (Å²) in [5.41, 5.74) is 7.34. The fourth-order valence-corrected chi connectivity index (χ4v) is 2.48. The Morgan fingerprint density at radius 1 is 0.964 bits per heavy atom. The first-order chi connectivity index (χ1) is 13.3. The number of hydrogen-bond acceptors (Lipinski definition) is 3. The SMILES string of the molecule is N[C@@H](CCOc1cccc2ccccc12)c1ccccc1.O=C(O)C(F)(F)F. The van der Waals surface area contributed by atoms with Crippen LogP contribution in [0.5, 0.6) is 5.75 Å². The van der Waals surface area contributed by atoms with Crippen molar-refractivity contribution in [3.63, 3.8) is 0 Å². The first-order valence-corrected chi connectivity index (χ1v) is 8.50. The van der Waals surface area contributed by atoms with E-state index < -0.39 is 12.1 Å². The lowest BCUT2D eigenvalue weighted by molar-refractivity contribution is -0.192. The fourth-order valence-electron chi connectivity index (χ4n) is 2.48. The van der Waals surface area contributed by atoms with Crippen LogP contribution in [0, 0.1) is 0 Å². The van der Waals surface area contributed by atoms with Crippen LogP contribution in [0.4, 0.5) is 13.2 Å². The first-order valence-electron chi connectivity index (χ1n) is 8.50. The summed E-state index contributed by atoms with van der Waals surface area (Å²) in [6.07, 6.45) is -4.28. The number of carbonyl (C=O) groups is 1. The maximum Gasteiger partial charge on any atom is 0.490 e. The summed E-state index contributed by atoms with van der Waals surface area (Å²) in [4.78, 5) is 8.90. The Kier molecular flexibility index (Phi) is 7.40. The maximum atomic E-state index is 10.6. The van der Waals surface area contributed by atoms with E-state index in [4.69, 9.17) is 20.4 Å². The van der Waals surface area contributed by atoms with Crippen molar-refractivity contribution in [2.45, 2.75) is 18.6 Å². The zero-order valence-electron chi connectivity index (χ0n) is 14.9. The third-order valence-electron chi connectivity index (χ3n) is 3.91. The quantitative estimate of drug-likeness (QED) is 0.646. The van der Waals surface area contributed by atoms with Gasteiger partial charge in [-0.2, -0.15) is 13.2 Å². The Balaban J connectivity index is 0.000000345. The number of alkyl halides is 3. The van der Waals surface area contributed by atoms with E-state index in [0.717, 1.165) is 23.1 Å². The second-order valence-corrected chi connectivity index (χ2v) is 5.93. The molecule has 0 aromatic heterocycles. The van der Waals surface area contributed by atoms with Crippen molar-refractivity contribution in [2.24, 2.45) is 5.73 Å². The largest absolute Gasteiger partial charge is 0.493 e. The van der Waals surface area contributed by atoms with Crippen LogP contribution >= 0.6 is 0 Å². The molecule has 0 saturated carbocycles. The third-order valence-corrected chi connectivity index (χ3v) is 3.91. The molecule has 0 fully saturated rings. The number of hydrogen-bond donors (Lipinski definition) is 2. The number of nitrogens with two attached hydrogens (primary N) is 1. The Morgan fingerprint density at radius 2 is 1.54 bits per heavy atom. The molecule has 0 bridgehead atoms. The molecule has 148 valence electrons. The van der Waals surface area contributed by atoms with Crippen LogP contribution in [0.2, 0.25) is 0 Å². The molecule has 0 aliphatic heterocycles. The Morgan fingerprint density at radius 3 is 2.18 bits per heavy atom. The number of halogens is 3. The van der Waals surface area contributed by atoms with Gasteiger partial charge in [-0.3, -0.25) is 0 Å². The molecule has 0 saturated heterocycles. The summed E-state index contributed by atoms with van der Waals surface area (Å²) >= 11 is 0. The molecule has 0 heterocycles. The zero-order chi connectivity index (χ0) is 20.6. The van der Waals surface area contributed by atoms with E-state index in [2.05, 4.69) is 30.3 Å². The van der Waals surface area contributed by atoms with E-state index in [9.17, 15) is 13.2 Å². The number of benzene rings is 3. The predicted molar refractivity (Wildman–Crippen MR) is 101 cm³/mol. The Hall–Kier alpha value is -3.06. The molecular formula is C21H20F3NO3. The monoisotopic (exact) mass is 391 g/mol. The average molecular weight is 391 g/mol. The van der Waals surface area contributed by atoms with Gasteiger partial charge in [0, 0.05) is 17.8 Å². The number of rotatable bonds is 5. The van der Waals surface area contributed by atoms with Gasteiger partial charge >= 0.3 is 12.1 Å². The lowest BCUT2D eigenvalue weighted by atomic mass is 10.1. The lowest BCUT2D eigenvalue weighted by Gasteiger charge is -2.14. The van der Waals surface area contributed by atoms with Crippen molar-refractivity contribution < 1.29 is 27.8 Å². The second kappa shape index (κ2) is 9.75. The smallest absolute Gasteiger partial charge is 0.490 e. The fraction of sp³-hybridized carbons (Fsp3) is 0.190. The van der Waals surface area contributed by atoms with Crippen molar-refractivity contribution in [3.05, 3.63) is 78.4 Å². The molecule has 1 atom stereocenters. The molecule has 3 aromatic carbocycles.